The predicted octanol–water partition coefficient (Wildman–Crippen LogP) is 1.57. The molecule has 0 aliphatic rings. The predicted molar refractivity (Wildman–Crippen MR) is 81.4 cm³/mol. The van der Waals surface area contributed by atoms with Gasteiger partial charge in [0.05, 0.1) is 0 Å². The first-order chi connectivity index (χ1) is 10.6. The molecule has 0 fully saturated rings. The standard InChI is InChI=1S/C14H16N2.C2H2O4/c1-2-5-13(6-3-1)8-10-16-12-14-7-4-9-15-11-14;3-1(4)2(5)6/h1-7,9,11,16H,8,10,12H2;(H,3,4)(H,5,6). The van der Waals surface area contributed by atoms with E-state index in [1.165, 1.54) is 11.1 Å². The summed E-state index contributed by atoms with van der Waals surface area (Å²) >= 11 is 0. The molecule has 1 aromatic heterocycles. The van der Waals surface area contributed by atoms with Crippen molar-refractivity contribution < 1.29 is 19.8 Å². The molecule has 1 aromatic carbocycles. The second-order valence-electron chi connectivity index (χ2n) is 4.38. The molecule has 0 amide bonds. The summed E-state index contributed by atoms with van der Waals surface area (Å²) in [6.45, 7) is 1.89. The SMILES string of the molecule is O=C(O)C(=O)O.c1ccc(CCNCc2cccnc2)cc1. The van der Waals surface area contributed by atoms with Crippen LogP contribution in [0.25, 0.3) is 0 Å². The van der Waals surface area contributed by atoms with Crippen LogP contribution >= 0.6 is 0 Å². The topological polar surface area (TPSA) is 99.5 Å². The van der Waals surface area contributed by atoms with Crippen LogP contribution in [0.5, 0.6) is 0 Å². The first-order valence-electron chi connectivity index (χ1n) is 6.69. The molecule has 0 aliphatic heterocycles. The highest BCUT2D eigenvalue weighted by Gasteiger charge is 2.04. The number of aromatic nitrogens is 1. The molecule has 0 bridgehead atoms. The lowest BCUT2D eigenvalue weighted by Gasteiger charge is -2.04. The Hall–Kier alpha value is -2.73. The smallest absolute Gasteiger partial charge is 0.414 e. The molecule has 22 heavy (non-hydrogen) atoms. The molecule has 6 nitrogen and oxygen atoms in total. The molecule has 0 saturated carbocycles. The van der Waals surface area contributed by atoms with Crippen LogP contribution in [0.4, 0.5) is 0 Å². The van der Waals surface area contributed by atoms with Crippen LogP contribution in [0.3, 0.4) is 0 Å². The van der Waals surface area contributed by atoms with Crippen LogP contribution in [-0.2, 0) is 22.6 Å². The molecular weight excluding hydrogens is 284 g/mol. The zero-order valence-electron chi connectivity index (χ0n) is 12.0. The lowest BCUT2D eigenvalue weighted by atomic mass is 10.1. The van der Waals surface area contributed by atoms with Crippen molar-refractivity contribution in [1.82, 2.24) is 10.3 Å². The Bertz CT molecular complexity index is 520. The van der Waals surface area contributed by atoms with Gasteiger partial charge in [-0.25, -0.2) is 9.59 Å². The van der Waals surface area contributed by atoms with Crippen molar-refractivity contribution in [2.75, 3.05) is 6.54 Å². The second kappa shape index (κ2) is 10.1. The van der Waals surface area contributed by atoms with Crippen LogP contribution in [0, 0.1) is 0 Å². The maximum atomic E-state index is 9.10. The molecule has 0 unspecified atom stereocenters. The number of hydrogen-bond donors (Lipinski definition) is 3. The van der Waals surface area contributed by atoms with Crippen molar-refractivity contribution in [3.05, 3.63) is 66.0 Å². The van der Waals surface area contributed by atoms with E-state index < -0.39 is 11.9 Å². The summed E-state index contributed by atoms with van der Waals surface area (Å²) in [5, 5.41) is 18.2. The number of aliphatic carboxylic acids is 2. The van der Waals surface area contributed by atoms with Crippen LogP contribution in [0.2, 0.25) is 0 Å². The van der Waals surface area contributed by atoms with Crippen molar-refractivity contribution in [3.8, 4) is 0 Å². The van der Waals surface area contributed by atoms with Gasteiger partial charge in [-0.15, -0.1) is 0 Å². The van der Waals surface area contributed by atoms with E-state index in [1.54, 1.807) is 6.20 Å². The minimum absolute atomic E-state index is 0.890. The maximum absolute atomic E-state index is 9.10. The number of rotatable bonds is 5. The van der Waals surface area contributed by atoms with Gasteiger partial charge < -0.3 is 15.5 Å². The van der Waals surface area contributed by atoms with Crippen LogP contribution in [0.15, 0.2) is 54.9 Å². The third-order valence-electron chi connectivity index (χ3n) is 2.67. The van der Waals surface area contributed by atoms with E-state index in [-0.39, 0.29) is 0 Å². The Morgan fingerprint density at radius 2 is 1.59 bits per heavy atom. The number of pyridine rings is 1. The second-order valence-corrected chi connectivity index (χ2v) is 4.38. The van der Waals surface area contributed by atoms with E-state index in [1.807, 2.05) is 18.3 Å². The van der Waals surface area contributed by atoms with Gasteiger partial charge in [0.1, 0.15) is 0 Å². The fraction of sp³-hybridized carbons (Fsp3) is 0.188. The number of hydrogen-bond acceptors (Lipinski definition) is 4. The molecule has 2 rings (SSSR count). The summed E-state index contributed by atoms with van der Waals surface area (Å²) in [4.78, 5) is 22.3. The number of carboxylic acid groups (broad SMARTS) is 2. The van der Waals surface area contributed by atoms with Gasteiger partial charge >= 0.3 is 11.9 Å². The van der Waals surface area contributed by atoms with Crippen molar-refractivity contribution in [2.45, 2.75) is 13.0 Å². The van der Waals surface area contributed by atoms with Gasteiger partial charge in [0.15, 0.2) is 0 Å². The Morgan fingerprint density at radius 3 is 2.14 bits per heavy atom. The third kappa shape index (κ3) is 7.76. The number of carbonyl (C=O) groups is 2. The van der Waals surface area contributed by atoms with Crippen LogP contribution in [-0.4, -0.2) is 33.7 Å². The fourth-order valence-corrected chi connectivity index (χ4v) is 1.61. The maximum Gasteiger partial charge on any atom is 0.414 e. The summed E-state index contributed by atoms with van der Waals surface area (Å²) in [5.41, 5.74) is 2.61. The molecule has 6 heteroatoms. The van der Waals surface area contributed by atoms with Crippen molar-refractivity contribution in [1.29, 1.82) is 0 Å². The van der Waals surface area contributed by atoms with Gasteiger partial charge in [0.2, 0.25) is 0 Å². The van der Waals surface area contributed by atoms with Crippen LogP contribution in [0.1, 0.15) is 11.1 Å². The van der Waals surface area contributed by atoms with E-state index in [4.69, 9.17) is 19.8 Å². The van der Waals surface area contributed by atoms with Gasteiger partial charge in [-0.1, -0.05) is 36.4 Å². The third-order valence-corrected chi connectivity index (χ3v) is 2.67. The van der Waals surface area contributed by atoms with E-state index in [0.717, 1.165) is 19.5 Å². The molecule has 0 saturated heterocycles. The van der Waals surface area contributed by atoms with Gasteiger partial charge in [-0.2, -0.15) is 0 Å². The lowest BCUT2D eigenvalue weighted by Crippen LogP contribution is -2.16. The summed E-state index contributed by atoms with van der Waals surface area (Å²) in [6, 6.07) is 14.6. The fourth-order valence-electron chi connectivity index (χ4n) is 1.61. The normalized spacial score (nSPS) is 9.45. The Balaban J connectivity index is 0.000000346. The molecule has 0 spiro atoms. The summed E-state index contributed by atoms with van der Waals surface area (Å²) in [5.74, 6) is -3.65. The average molecular weight is 302 g/mol. The summed E-state index contributed by atoms with van der Waals surface area (Å²) < 4.78 is 0. The number of benzene rings is 1. The quantitative estimate of drug-likeness (QED) is 0.572. The van der Waals surface area contributed by atoms with Crippen molar-refractivity contribution in [2.24, 2.45) is 0 Å². The van der Waals surface area contributed by atoms with Crippen molar-refractivity contribution in [3.63, 3.8) is 0 Å². The summed E-state index contributed by atoms with van der Waals surface area (Å²) in [6.07, 6.45) is 4.77. The Labute approximate surface area is 128 Å². The van der Waals surface area contributed by atoms with Gasteiger partial charge in [-0.05, 0) is 30.2 Å². The molecule has 1 heterocycles. The molecular formula is C16H18N2O4. The Morgan fingerprint density at radius 1 is 0.955 bits per heavy atom. The molecule has 2 aromatic rings. The highest BCUT2D eigenvalue weighted by Crippen LogP contribution is 1.99. The largest absolute Gasteiger partial charge is 0.473 e. The molecule has 3 N–H and O–H groups in total. The first-order valence-corrected chi connectivity index (χ1v) is 6.69. The molecule has 0 aliphatic carbocycles. The van der Waals surface area contributed by atoms with E-state index in [0.29, 0.717) is 0 Å². The molecule has 0 atom stereocenters. The van der Waals surface area contributed by atoms with Crippen LogP contribution < -0.4 is 5.32 Å². The average Bonchev–Trinajstić information content (AvgIpc) is 2.54. The van der Waals surface area contributed by atoms with Crippen molar-refractivity contribution >= 4 is 11.9 Å². The van der Waals surface area contributed by atoms with E-state index in [9.17, 15) is 0 Å². The number of nitrogens with zero attached hydrogens (tertiary/aromatic N) is 1. The highest BCUT2D eigenvalue weighted by molar-refractivity contribution is 6.27. The minimum Gasteiger partial charge on any atom is -0.473 e. The first kappa shape index (κ1) is 17.3. The molecule has 116 valence electrons. The minimum atomic E-state index is -1.82. The van der Waals surface area contributed by atoms with E-state index >= 15 is 0 Å². The zero-order chi connectivity index (χ0) is 16.2. The van der Waals surface area contributed by atoms with Gasteiger partial charge in [-0.3, -0.25) is 4.98 Å². The number of nitrogens with one attached hydrogen (secondary N) is 1. The highest BCUT2D eigenvalue weighted by atomic mass is 16.4. The van der Waals surface area contributed by atoms with Gasteiger partial charge in [0.25, 0.3) is 0 Å². The Kier molecular flexibility index (Phi) is 7.92. The lowest BCUT2D eigenvalue weighted by molar-refractivity contribution is -0.159. The molecule has 0 radical (unpaired) electrons. The summed E-state index contributed by atoms with van der Waals surface area (Å²) in [7, 11) is 0. The number of carboxylic acids is 2. The zero-order valence-corrected chi connectivity index (χ0v) is 12.0. The monoisotopic (exact) mass is 302 g/mol. The van der Waals surface area contributed by atoms with Gasteiger partial charge in [0, 0.05) is 18.9 Å². The van der Waals surface area contributed by atoms with E-state index in [2.05, 4.69) is 40.6 Å².